The van der Waals surface area contributed by atoms with Crippen molar-refractivity contribution in [3.8, 4) is 33.6 Å². The molecular formula is C50H35BrN2. The van der Waals surface area contributed by atoms with Gasteiger partial charge in [-0.2, -0.15) is 0 Å². The number of aromatic nitrogens is 2. The van der Waals surface area contributed by atoms with E-state index in [0.29, 0.717) is 0 Å². The van der Waals surface area contributed by atoms with E-state index in [9.17, 15) is 0 Å². The molecule has 53 heavy (non-hydrogen) atoms. The molecular weight excluding hydrogens is 708 g/mol. The Bertz CT molecular complexity index is 3070. The van der Waals surface area contributed by atoms with E-state index >= 15 is 0 Å². The lowest BCUT2D eigenvalue weighted by Crippen LogP contribution is -2.29. The van der Waals surface area contributed by atoms with Gasteiger partial charge in [-0.3, -0.25) is 0 Å². The average Bonchev–Trinajstić information content (AvgIpc) is 3.73. The molecule has 2 heterocycles. The van der Waals surface area contributed by atoms with Crippen LogP contribution in [0.4, 0.5) is 0 Å². The van der Waals surface area contributed by atoms with Crippen LogP contribution in [0.2, 0.25) is 0 Å². The van der Waals surface area contributed by atoms with Gasteiger partial charge in [-0.25, -0.2) is 0 Å². The molecule has 0 saturated carbocycles. The summed E-state index contributed by atoms with van der Waals surface area (Å²) in [6, 6.07) is 59.8. The molecule has 0 bridgehead atoms. The molecule has 0 saturated heterocycles. The summed E-state index contributed by atoms with van der Waals surface area (Å²) in [5, 5.41) is 10.0. The zero-order valence-electron chi connectivity index (χ0n) is 29.5. The van der Waals surface area contributed by atoms with Crippen molar-refractivity contribution in [2.45, 2.75) is 13.8 Å². The standard InChI is InChI=1S/C50H35BrN2/c1-3-37-38(4-2)50(33-23-28-36(29-24-33)53-47-19-11-7-15-41(47)42-16-8-12-20-48(42)53)44-31-34(51)25-30-43(44)49(37)32-21-26-35(27-22-32)52-45-17-9-5-13-39(45)40-14-6-10-18-46(40)52/h3-31H,1-2H3/b37-3+,38-4+. The van der Waals surface area contributed by atoms with Crippen LogP contribution in [0.1, 0.15) is 13.8 Å². The van der Waals surface area contributed by atoms with E-state index in [-0.39, 0.29) is 0 Å². The van der Waals surface area contributed by atoms with Crippen LogP contribution in [0.25, 0.3) is 100 Å². The van der Waals surface area contributed by atoms with Crippen molar-refractivity contribution in [3.63, 3.8) is 0 Å². The SMILES string of the molecule is C/C=c1/c(-c2ccc(-n3c4ccccc4c4ccccc43)cc2)c2ccc(Br)cc2c(-c2ccc(-n3c4ccccc4c4ccccc43)cc2)/c1=C/C. The Labute approximate surface area is 316 Å². The molecule has 0 radical (unpaired) electrons. The smallest absolute Gasteiger partial charge is 0.0541 e. The Morgan fingerprint density at radius 1 is 0.377 bits per heavy atom. The molecule has 252 valence electrons. The first-order chi connectivity index (χ1) is 26.1. The lowest BCUT2D eigenvalue weighted by molar-refractivity contribution is 1.18. The molecule has 0 N–H and O–H groups in total. The summed E-state index contributed by atoms with van der Waals surface area (Å²) < 4.78 is 5.83. The number of benzene rings is 8. The summed E-state index contributed by atoms with van der Waals surface area (Å²) in [5.74, 6) is 0. The second-order valence-electron chi connectivity index (χ2n) is 13.7. The van der Waals surface area contributed by atoms with Crippen LogP contribution in [0, 0.1) is 0 Å². The van der Waals surface area contributed by atoms with Crippen molar-refractivity contribution >= 4 is 82.5 Å². The van der Waals surface area contributed by atoms with E-state index in [1.807, 2.05) is 0 Å². The summed E-state index contributed by atoms with van der Waals surface area (Å²) in [6.45, 7) is 4.33. The van der Waals surface area contributed by atoms with Crippen molar-refractivity contribution < 1.29 is 0 Å². The van der Waals surface area contributed by atoms with Gasteiger partial charge < -0.3 is 9.13 Å². The molecule has 0 aliphatic rings. The lowest BCUT2D eigenvalue weighted by Gasteiger charge is -2.17. The number of fused-ring (bicyclic) bond motifs is 7. The molecule has 0 unspecified atom stereocenters. The fourth-order valence-corrected chi connectivity index (χ4v) is 9.04. The highest BCUT2D eigenvalue weighted by molar-refractivity contribution is 9.10. The monoisotopic (exact) mass is 742 g/mol. The molecule has 0 atom stereocenters. The molecule has 3 heteroatoms. The first-order valence-electron chi connectivity index (χ1n) is 18.2. The highest BCUT2D eigenvalue weighted by Crippen LogP contribution is 2.37. The Hall–Kier alpha value is -6.16. The molecule has 2 aromatic heterocycles. The van der Waals surface area contributed by atoms with Crippen molar-refractivity contribution in [2.24, 2.45) is 0 Å². The van der Waals surface area contributed by atoms with E-state index in [4.69, 9.17) is 0 Å². The third kappa shape index (κ3) is 4.85. The first kappa shape index (κ1) is 31.6. The van der Waals surface area contributed by atoms with Crippen LogP contribution in [0.3, 0.4) is 0 Å². The Balaban J connectivity index is 1.15. The van der Waals surface area contributed by atoms with E-state index in [0.717, 1.165) is 15.8 Å². The number of hydrogen-bond acceptors (Lipinski definition) is 0. The Morgan fingerprint density at radius 3 is 1.11 bits per heavy atom. The van der Waals surface area contributed by atoms with Crippen molar-refractivity contribution in [2.75, 3.05) is 0 Å². The summed E-state index contributed by atoms with van der Waals surface area (Å²) in [7, 11) is 0. The zero-order chi connectivity index (χ0) is 35.6. The second kappa shape index (κ2) is 12.5. The molecule has 10 rings (SSSR count). The third-order valence-electron chi connectivity index (χ3n) is 10.9. The number of nitrogens with zero attached hydrogens (tertiary/aromatic N) is 2. The normalized spacial score (nSPS) is 12.7. The van der Waals surface area contributed by atoms with Gasteiger partial charge in [-0.15, -0.1) is 0 Å². The van der Waals surface area contributed by atoms with Gasteiger partial charge in [0.1, 0.15) is 0 Å². The van der Waals surface area contributed by atoms with Gasteiger partial charge in [0.2, 0.25) is 0 Å². The fourth-order valence-electron chi connectivity index (χ4n) is 8.68. The summed E-state index contributed by atoms with van der Waals surface area (Å²) in [6.07, 6.45) is 4.56. The summed E-state index contributed by atoms with van der Waals surface area (Å²) >= 11 is 3.83. The van der Waals surface area contributed by atoms with Crippen LogP contribution in [-0.2, 0) is 0 Å². The van der Waals surface area contributed by atoms with Gasteiger partial charge in [-0.05, 0) is 118 Å². The maximum atomic E-state index is 3.83. The second-order valence-corrected chi connectivity index (χ2v) is 14.6. The Kier molecular flexibility index (Phi) is 7.45. The topological polar surface area (TPSA) is 9.86 Å². The first-order valence-corrected chi connectivity index (χ1v) is 19.0. The molecule has 0 spiro atoms. The maximum Gasteiger partial charge on any atom is 0.0541 e. The quantitative estimate of drug-likeness (QED) is 0.170. The number of hydrogen-bond donors (Lipinski definition) is 0. The minimum Gasteiger partial charge on any atom is -0.309 e. The minimum absolute atomic E-state index is 1.07. The van der Waals surface area contributed by atoms with E-state index in [1.54, 1.807) is 0 Å². The summed E-state index contributed by atoms with van der Waals surface area (Å²) in [5.41, 5.74) is 12.1. The van der Waals surface area contributed by atoms with Crippen molar-refractivity contribution in [3.05, 3.63) is 179 Å². The largest absolute Gasteiger partial charge is 0.309 e. The average molecular weight is 744 g/mol. The number of para-hydroxylation sites is 4. The summed E-state index contributed by atoms with van der Waals surface area (Å²) in [4.78, 5) is 0. The number of rotatable bonds is 4. The molecule has 0 fully saturated rings. The van der Waals surface area contributed by atoms with E-state index < -0.39 is 0 Å². The molecule has 0 aliphatic carbocycles. The zero-order valence-corrected chi connectivity index (χ0v) is 31.1. The fraction of sp³-hybridized carbons (Fsp3) is 0.0400. The Morgan fingerprint density at radius 2 is 0.736 bits per heavy atom. The minimum atomic E-state index is 1.07. The molecule has 10 aromatic rings. The molecule has 2 nitrogen and oxygen atoms in total. The van der Waals surface area contributed by atoms with Gasteiger partial charge in [0.05, 0.1) is 22.1 Å². The van der Waals surface area contributed by atoms with E-state index in [1.165, 1.54) is 87.1 Å². The molecule has 0 aliphatic heterocycles. The van der Waals surface area contributed by atoms with Crippen LogP contribution in [0.5, 0.6) is 0 Å². The lowest BCUT2D eigenvalue weighted by atomic mass is 9.88. The van der Waals surface area contributed by atoms with Gasteiger partial charge in [0.25, 0.3) is 0 Å². The van der Waals surface area contributed by atoms with Crippen LogP contribution < -0.4 is 10.4 Å². The third-order valence-corrected chi connectivity index (χ3v) is 11.4. The highest BCUT2D eigenvalue weighted by Gasteiger charge is 2.17. The van der Waals surface area contributed by atoms with Crippen LogP contribution >= 0.6 is 15.9 Å². The van der Waals surface area contributed by atoms with Gasteiger partial charge >= 0.3 is 0 Å². The van der Waals surface area contributed by atoms with Gasteiger partial charge in [0, 0.05) is 37.4 Å². The highest BCUT2D eigenvalue weighted by atomic mass is 79.9. The van der Waals surface area contributed by atoms with Gasteiger partial charge in [0.15, 0.2) is 0 Å². The predicted octanol–water partition coefficient (Wildman–Crippen LogP) is 12.7. The number of halogens is 1. The molecule has 8 aromatic carbocycles. The van der Waals surface area contributed by atoms with E-state index in [2.05, 4.69) is 215 Å². The van der Waals surface area contributed by atoms with Crippen LogP contribution in [0.15, 0.2) is 168 Å². The molecule has 0 amide bonds. The van der Waals surface area contributed by atoms with Crippen molar-refractivity contribution in [1.29, 1.82) is 0 Å². The van der Waals surface area contributed by atoms with Crippen LogP contribution in [-0.4, -0.2) is 9.13 Å². The van der Waals surface area contributed by atoms with Crippen molar-refractivity contribution in [1.82, 2.24) is 9.13 Å². The predicted molar refractivity (Wildman–Crippen MR) is 231 cm³/mol. The van der Waals surface area contributed by atoms with Gasteiger partial charge in [-0.1, -0.05) is 131 Å². The maximum absolute atomic E-state index is 3.83.